The summed E-state index contributed by atoms with van der Waals surface area (Å²) >= 11 is 0. The molecule has 1 saturated carbocycles. The molecule has 1 N–H and O–H groups in total. The molecule has 19 heavy (non-hydrogen) atoms. The summed E-state index contributed by atoms with van der Waals surface area (Å²) in [5.41, 5.74) is 2.71. The Morgan fingerprint density at radius 2 is 2.05 bits per heavy atom. The van der Waals surface area contributed by atoms with Crippen molar-refractivity contribution < 1.29 is 14.6 Å². The van der Waals surface area contributed by atoms with Crippen LogP contribution in [0.2, 0.25) is 0 Å². The molecular weight excluding hydrogens is 240 g/mol. The van der Waals surface area contributed by atoms with Crippen LogP contribution in [0, 0.1) is 11.8 Å². The van der Waals surface area contributed by atoms with Crippen molar-refractivity contribution in [2.45, 2.75) is 38.5 Å². The average molecular weight is 260 g/mol. The molecule has 1 aliphatic heterocycles. The second-order valence-corrected chi connectivity index (χ2v) is 5.80. The summed E-state index contributed by atoms with van der Waals surface area (Å²) in [6.07, 6.45) is 5.88. The first kappa shape index (κ1) is 12.5. The van der Waals surface area contributed by atoms with Crippen LogP contribution in [0.3, 0.4) is 0 Å². The van der Waals surface area contributed by atoms with Gasteiger partial charge in [-0.15, -0.1) is 0 Å². The van der Waals surface area contributed by atoms with Gasteiger partial charge in [-0.05, 0) is 55.2 Å². The molecule has 3 rings (SSSR count). The van der Waals surface area contributed by atoms with Crippen molar-refractivity contribution >= 4 is 5.97 Å². The standard InChI is InChI=1S/C16H20O3/c17-16(18)13-4-1-11(2-5-13)9-12-3-6-15-14(10-12)7-8-19-15/h3,6,10-11,13H,1-2,4-5,7-9H2,(H,17,18). The molecule has 0 atom stereocenters. The highest BCUT2D eigenvalue weighted by molar-refractivity contribution is 5.70. The summed E-state index contributed by atoms with van der Waals surface area (Å²) in [6.45, 7) is 0.808. The van der Waals surface area contributed by atoms with Gasteiger partial charge in [0.15, 0.2) is 0 Å². The van der Waals surface area contributed by atoms with E-state index in [0.29, 0.717) is 5.92 Å². The molecule has 0 saturated heterocycles. The number of ether oxygens (including phenoxy) is 1. The van der Waals surface area contributed by atoms with Crippen LogP contribution in [0.1, 0.15) is 36.8 Å². The highest BCUT2D eigenvalue weighted by atomic mass is 16.5. The molecular formula is C16H20O3. The summed E-state index contributed by atoms with van der Waals surface area (Å²) < 4.78 is 5.52. The zero-order chi connectivity index (χ0) is 13.2. The monoisotopic (exact) mass is 260 g/mol. The molecule has 0 unspecified atom stereocenters. The Morgan fingerprint density at radius 1 is 1.26 bits per heavy atom. The van der Waals surface area contributed by atoms with Gasteiger partial charge in [-0.25, -0.2) is 0 Å². The number of aliphatic carboxylic acids is 1. The summed E-state index contributed by atoms with van der Waals surface area (Å²) in [7, 11) is 0. The Kier molecular flexibility index (Phi) is 3.45. The van der Waals surface area contributed by atoms with Gasteiger partial charge < -0.3 is 9.84 Å². The molecule has 0 radical (unpaired) electrons. The summed E-state index contributed by atoms with van der Waals surface area (Å²) in [5.74, 6) is 0.965. The van der Waals surface area contributed by atoms with Crippen LogP contribution in [-0.2, 0) is 17.6 Å². The van der Waals surface area contributed by atoms with Gasteiger partial charge in [-0.3, -0.25) is 4.79 Å². The van der Waals surface area contributed by atoms with Gasteiger partial charge in [0.1, 0.15) is 5.75 Å². The maximum Gasteiger partial charge on any atom is 0.306 e. The van der Waals surface area contributed by atoms with Crippen molar-refractivity contribution in [1.82, 2.24) is 0 Å². The van der Waals surface area contributed by atoms with Crippen molar-refractivity contribution in [1.29, 1.82) is 0 Å². The maximum absolute atomic E-state index is 10.9. The molecule has 0 spiro atoms. The van der Waals surface area contributed by atoms with Gasteiger partial charge in [-0.2, -0.15) is 0 Å². The lowest BCUT2D eigenvalue weighted by Crippen LogP contribution is -2.22. The fourth-order valence-corrected chi connectivity index (χ4v) is 3.31. The molecule has 2 aliphatic rings. The minimum Gasteiger partial charge on any atom is -0.493 e. The lowest BCUT2D eigenvalue weighted by Gasteiger charge is -2.26. The number of fused-ring (bicyclic) bond motifs is 1. The second-order valence-electron chi connectivity index (χ2n) is 5.80. The first-order valence-corrected chi connectivity index (χ1v) is 7.20. The molecule has 102 valence electrons. The first-order valence-electron chi connectivity index (χ1n) is 7.20. The minimum absolute atomic E-state index is 0.107. The summed E-state index contributed by atoms with van der Waals surface area (Å²) in [5, 5.41) is 9.01. The fourth-order valence-electron chi connectivity index (χ4n) is 3.31. The molecule has 1 heterocycles. The number of rotatable bonds is 3. The van der Waals surface area contributed by atoms with Crippen molar-refractivity contribution in [3.05, 3.63) is 29.3 Å². The largest absolute Gasteiger partial charge is 0.493 e. The smallest absolute Gasteiger partial charge is 0.306 e. The Balaban J connectivity index is 1.59. The van der Waals surface area contributed by atoms with Gasteiger partial charge >= 0.3 is 5.97 Å². The number of carboxylic acid groups (broad SMARTS) is 1. The number of benzene rings is 1. The average Bonchev–Trinajstić information content (AvgIpc) is 2.87. The quantitative estimate of drug-likeness (QED) is 0.908. The van der Waals surface area contributed by atoms with Gasteiger partial charge in [0, 0.05) is 6.42 Å². The lowest BCUT2D eigenvalue weighted by molar-refractivity contribution is -0.143. The van der Waals surface area contributed by atoms with Crippen LogP contribution in [0.5, 0.6) is 5.75 Å². The normalized spacial score (nSPS) is 25.7. The van der Waals surface area contributed by atoms with Crippen molar-refractivity contribution in [2.24, 2.45) is 11.8 Å². The third-order valence-electron chi connectivity index (χ3n) is 4.47. The number of hydrogen-bond donors (Lipinski definition) is 1. The van der Waals surface area contributed by atoms with Gasteiger partial charge in [0.2, 0.25) is 0 Å². The van der Waals surface area contributed by atoms with E-state index >= 15 is 0 Å². The molecule has 0 bridgehead atoms. The summed E-state index contributed by atoms with van der Waals surface area (Å²) in [6, 6.07) is 6.51. The summed E-state index contributed by atoms with van der Waals surface area (Å²) in [4.78, 5) is 10.9. The Morgan fingerprint density at radius 3 is 2.79 bits per heavy atom. The molecule has 1 aliphatic carbocycles. The van der Waals surface area contributed by atoms with E-state index in [4.69, 9.17) is 9.84 Å². The second kappa shape index (κ2) is 5.24. The van der Waals surface area contributed by atoms with Crippen LogP contribution in [0.4, 0.5) is 0 Å². The predicted molar refractivity (Wildman–Crippen MR) is 72.4 cm³/mol. The number of hydrogen-bond acceptors (Lipinski definition) is 2. The highest BCUT2D eigenvalue weighted by Crippen LogP contribution is 2.33. The van der Waals surface area contributed by atoms with Gasteiger partial charge in [0.05, 0.1) is 12.5 Å². The topological polar surface area (TPSA) is 46.5 Å². The van der Waals surface area contributed by atoms with E-state index < -0.39 is 5.97 Å². The molecule has 3 nitrogen and oxygen atoms in total. The van der Waals surface area contributed by atoms with Gasteiger partial charge in [-0.1, -0.05) is 12.1 Å². The van der Waals surface area contributed by atoms with Crippen molar-refractivity contribution in [3.8, 4) is 5.75 Å². The Hall–Kier alpha value is -1.51. The fraction of sp³-hybridized carbons (Fsp3) is 0.562. The lowest BCUT2D eigenvalue weighted by atomic mass is 9.79. The van der Waals surface area contributed by atoms with Crippen molar-refractivity contribution in [3.63, 3.8) is 0 Å². The first-order chi connectivity index (χ1) is 9.22. The van der Waals surface area contributed by atoms with E-state index in [1.165, 1.54) is 11.1 Å². The van der Waals surface area contributed by atoms with E-state index in [1.807, 2.05) is 0 Å². The van der Waals surface area contributed by atoms with Gasteiger partial charge in [0.25, 0.3) is 0 Å². The molecule has 3 heteroatoms. The zero-order valence-electron chi connectivity index (χ0n) is 11.1. The van der Waals surface area contributed by atoms with E-state index in [9.17, 15) is 4.79 Å². The van der Waals surface area contributed by atoms with Crippen LogP contribution in [-0.4, -0.2) is 17.7 Å². The Bertz CT molecular complexity index is 473. The zero-order valence-corrected chi connectivity index (χ0v) is 11.1. The van der Waals surface area contributed by atoms with Crippen molar-refractivity contribution in [2.75, 3.05) is 6.61 Å². The SMILES string of the molecule is O=C(O)C1CCC(Cc2ccc3c(c2)CCO3)CC1. The molecule has 1 fully saturated rings. The Labute approximate surface area is 113 Å². The number of carboxylic acids is 1. The number of carbonyl (C=O) groups is 1. The van der Waals surface area contributed by atoms with E-state index in [-0.39, 0.29) is 5.92 Å². The van der Waals surface area contributed by atoms with Crippen LogP contribution in [0.25, 0.3) is 0 Å². The maximum atomic E-state index is 10.9. The van der Waals surface area contributed by atoms with Crippen LogP contribution < -0.4 is 4.74 Å². The predicted octanol–water partition coefficient (Wildman–Crippen LogP) is 3.06. The molecule has 0 aromatic heterocycles. The van der Waals surface area contributed by atoms with E-state index in [2.05, 4.69) is 18.2 Å². The highest BCUT2D eigenvalue weighted by Gasteiger charge is 2.26. The van der Waals surface area contributed by atoms with Crippen LogP contribution >= 0.6 is 0 Å². The molecule has 1 aromatic carbocycles. The minimum atomic E-state index is -0.617. The molecule has 0 amide bonds. The van der Waals surface area contributed by atoms with E-state index in [0.717, 1.165) is 50.9 Å². The third kappa shape index (κ3) is 2.75. The third-order valence-corrected chi connectivity index (χ3v) is 4.47. The van der Waals surface area contributed by atoms with Crippen LogP contribution in [0.15, 0.2) is 18.2 Å². The van der Waals surface area contributed by atoms with E-state index in [1.54, 1.807) is 0 Å². The molecule has 1 aromatic rings.